The van der Waals surface area contributed by atoms with Crippen molar-refractivity contribution in [1.82, 2.24) is 9.55 Å². The van der Waals surface area contributed by atoms with E-state index in [4.69, 9.17) is 14.7 Å². The predicted octanol–water partition coefficient (Wildman–Crippen LogP) is -2.11. The van der Waals surface area contributed by atoms with Crippen LogP contribution in [0.5, 0.6) is 0 Å². The lowest BCUT2D eigenvalue weighted by Crippen LogP contribution is -2.55. The van der Waals surface area contributed by atoms with Crippen molar-refractivity contribution in [3.8, 4) is 0 Å². The second kappa shape index (κ2) is 7.41. The molecule has 3 unspecified atom stereocenters. The van der Waals surface area contributed by atoms with Crippen LogP contribution < -0.4 is 11.2 Å². The number of fused-ring (bicyclic) bond motifs is 1. The molecule has 1 aromatic rings. The number of halogens is 2. The van der Waals surface area contributed by atoms with Crippen LogP contribution in [0.2, 0.25) is 0 Å². The normalized spacial score (nSPS) is 38.0. The van der Waals surface area contributed by atoms with Crippen molar-refractivity contribution in [3.05, 3.63) is 33.1 Å². The summed E-state index contributed by atoms with van der Waals surface area (Å²) < 4.78 is 78.5. The van der Waals surface area contributed by atoms with Crippen molar-refractivity contribution in [2.45, 2.75) is 29.4 Å². The Labute approximate surface area is 173 Å². The van der Waals surface area contributed by atoms with Gasteiger partial charge in [-0.2, -0.15) is 8.62 Å². The minimum Gasteiger partial charge on any atom is -0.379 e. The van der Waals surface area contributed by atoms with E-state index in [0.717, 1.165) is 0 Å². The molecule has 0 aromatic carbocycles. The van der Waals surface area contributed by atoms with E-state index in [0.29, 0.717) is 12.3 Å². The molecule has 0 bridgehead atoms. The minimum atomic E-state index is -6.02. The van der Waals surface area contributed by atoms with Crippen molar-refractivity contribution >= 4 is 23.5 Å². The van der Waals surface area contributed by atoms with Gasteiger partial charge in [-0.05, 0) is 0 Å². The third-order valence-corrected chi connectivity index (χ3v) is 8.27. The van der Waals surface area contributed by atoms with E-state index in [1.807, 2.05) is 0 Å². The first-order valence-electron chi connectivity index (χ1n) is 7.83. The topological polar surface area (TPSA) is 264 Å². The average molecular weight is 532 g/mol. The average Bonchev–Trinajstić information content (AvgIpc) is 2.96. The maximum atomic E-state index is 15.1. The Morgan fingerprint density at radius 2 is 1.72 bits per heavy atom. The summed E-state index contributed by atoms with van der Waals surface area (Å²) in [7, 11) is -17.8. The van der Waals surface area contributed by atoms with Crippen LogP contribution in [-0.4, -0.2) is 69.2 Å². The van der Waals surface area contributed by atoms with Gasteiger partial charge in [-0.15, -0.1) is 0 Å². The van der Waals surface area contributed by atoms with E-state index in [9.17, 15) is 42.8 Å². The molecule has 1 aliphatic carbocycles. The highest BCUT2D eigenvalue weighted by molar-refractivity contribution is 7.66. The fraction of sp³-hybridized carbons (Fsp3) is 0.600. The fourth-order valence-corrected chi connectivity index (χ4v) is 6.35. The van der Waals surface area contributed by atoms with E-state index in [1.165, 1.54) is 0 Å². The molecular formula is C10H13F2N2O15P3. The van der Waals surface area contributed by atoms with Gasteiger partial charge in [0.05, 0.1) is 0 Å². The molecule has 7 N–H and O–H groups in total. The van der Waals surface area contributed by atoms with Crippen molar-refractivity contribution in [3.63, 3.8) is 0 Å². The Hall–Kier alpha value is -1.17. The summed E-state index contributed by atoms with van der Waals surface area (Å²) in [5.74, 6) is -3.71. The van der Waals surface area contributed by atoms with Crippen molar-refractivity contribution in [2.24, 2.45) is 0 Å². The van der Waals surface area contributed by atoms with Gasteiger partial charge < -0.3 is 34.5 Å². The number of aromatic nitrogens is 2. The van der Waals surface area contributed by atoms with Crippen LogP contribution in [0.3, 0.4) is 0 Å². The Bertz CT molecular complexity index is 1200. The van der Waals surface area contributed by atoms with Crippen LogP contribution in [0, 0.1) is 0 Å². The smallest absolute Gasteiger partial charge is 0.379 e. The van der Waals surface area contributed by atoms with Gasteiger partial charge in [0.2, 0.25) is 0 Å². The SMILES string of the molecule is O=c1ccn([C@@H]2O[C@]3(F)C(OP(=O)(O)OP(=O)(O)OP(=O)(O)O)[C@]3(O)[C@]2(O)CF)c(=O)[nH]1. The molecule has 2 heterocycles. The second-order valence-corrected chi connectivity index (χ2v) is 10.9. The summed E-state index contributed by atoms with van der Waals surface area (Å²) in [6, 6.07) is 0.700. The van der Waals surface area contributed by atoms with Gasteiger partial charge in [0, 0.05) is 12.3 Å². The van der Waals surface area contributed by atoms with E-state index in [-0.39, 0.29) is 4.57 Å². The number of aliphatic hydroxyl groups is 2. The Balaban J connectivity index is 1.88. The third-order valence-electron chi connectivity index (χ3n) is 4.47. The molecule has 0 amide bonds. The maximum Gasteiger partial charge on any atom is 0.490 e. The highest BCUT2D eigenvalue weighted by Gasteiger charge is 2.97. The molecule has 7 atom stereocenters. The van der Waals surface area contributed by atoms with Crippen molar-refractivity contribution in [2.75, 3.05) is 6.67 Å². The standard InChI is InChI=1S/C10H13F2N2O15P3/c11-3-8(17)6(14-2-1-4(15)13-7(14)16)26-10(12)5(9(8,10)18)27-31(22,23)29-32(24,25)28-30(19,20)21/h1-2,5-6,17-18H,3H2,(H,22,23)(H,24,25)(H,13,15,16)(H2,19,20,21)/t5?,6-,8+,9+,10-/m1/s1. The van der Waals surface area contributed by atoms with Crippen LogP contribution in [0.25, 0.3) is 0 Å². The number of rotatable bonds is 8. The molecule has 3 rings (SSSR count). The van der Waals surface area contributed by atoms with Crippen LogP contribution >= 0.6 is 23.5 Å². The lowest BCUT2D eigenvalue weighted by atomic mass is 9.94. The molecule has 0 radical (unpaired) electrons. The van der Waals surface area contributed by atoms with Crippen LogP contribution in [0.4, 0.5) is 8.78 Å². The second-order valence-electron chi connectivity index (χ2n) is 6.53. The maximum absolute atomic E-state index is 15.1. The van der Waals surface area contributed by atoms with Crippen LogP contribution in [0.15, 0.2) is 21.9 Å². The minimum absolute atomic E-state index is 0.286. The number of hydrogen-bond donors (Lipinski definition) is 7. The Morgan fingerprint density at radius 3 is 2.22 bits per heavy atom. The number of ether oxygens (including phenoxy) is 1. The summed E-state index contributed by atoms with van der Waals surface area (Å²) in [4.78, 5) is 60.2. The number of alkyl halides is 2. The number of nitrogens with zero attached hydrogens (tertiary/aromatic N) is 1. The number of H-pyrrole nitrogens is 1. The molecule has 0 spiro atoms. The lowest BCUT2D eigenvalue weighted by Gasteiger charge is -2.33. The third kappa shape index (κ3) is 3.99. The van der Waals surface area contributed by atoms with E-state index in [1.54, 1.807) is 4.98 Å². The molecule has 17 nitrogen and oxygen atoms in total. The monoisotopic (exact) mass is 532 g/mol. The van der Waals surface area contributed by atoms with Gasteiger partial charge in [0.1, 0.15) is 6.67 Å². The number of phosphoric ester groups is 1. The Kier molecular flexibility index (Phi) is 5.90. The van der Waals surface area contributed by atoms with Crippen LogP contribution in [-0.2, 0) is 31.6 Å². The van der Waals surface area contributed by atoms with Gasteiger partial charge in [0.25, 0.3) is 11.4 Å². The molecule has 2 fully saturated rings. The summed E-state index contributed by atoms with van der Waals surface area (Å²) in [6.45, 7) is -2.05. The van der Waals surface area contributed by atoms with Crippen molar-refractivity contribution < 1.29 is 70.1 Å². The highest BCUT2D eigenvalue weighted by Crippen LogP contribution is 2.74. The van der Waals surface area contributed by atoms with E-state index < -0.39 is 70.8 Å². The van der Waals surface area contributed by atoms with Gasteiger partial charge in [-0.25, -0.2) is 27.3 Å². The van der Waals surface area contributed by atoms with Crippen molar-refractivity contribution in [1.29, 1.82) is 0 Å². The predicted molar refractivity (Wildman–Crippen MR) is 89.9 cm³/mol. The van der Waals surface area contributed by atoms with Gasteiger partial charge in [0.15, 0.2) is 23.5 Å². The number of aromatic amines is 1. The first kappa shape index (κ1) is 25.5. The molecule has 1 saturated carbocycles. The van der Waals surface area contributed by atoms with E-state index in [2.05, 4.69) is 17.9 Å². The first-order valence-corrected chi connectivity index (χ1v) is 12.4. The largest absolute Gasteiger partial charge is 0.490 e. The number of phosphoric acid groups is 3. The summed E-state index contributed by atoms with van der Waals surface area (Å²) in [5, 5.41) is 21.0. The van der Waals surface area contributed by atoms with Gasteiger partial charge >= 0.3 is 29.2 Å². The quantitative estimate of drug-likeness (QED) is 0.177. The zero-order valence-corrected chi connectivity index (χ0v) is 17.6. The molecular weight excluding hydrogens is 519 g/mol. The number of nitrogens with one attached hydrogen (secondary N) is 1. The molecule has 22 heteroatoms. The zero-order valence-electron chi connectivity index (χ0n) is 14.9. The molecule has 1 aliphatic heterocycles. The van der Waals surface area contributed by atoms with Crippen LogP contribution in [0.1, 0.15) is 6.23 Å². The number of hydrogen-bond acceptors (Lipinski definition) is 11. The summed E-state index contributed by atoms with van der Waals surface area (Å²) in [5.41, 5.74) is -9.16. The molecule has 1 saturated heterocycles. The fourth-order valence-electron chi connectivity index (χ4n) is 3.13. The Morgan fingerprint density at radius 1 is 1.12 bits per heavy atom. The highest BCUT2D eigenvalue weighted by atomic mass is 31.3. The van der Waals surface area contributed by atoms with Gasteiger partial charge in [-0.3, -0.25) is 18.9 Å². The molecule has 2 aliphatic rings. The first-order chi connectivity index (χ1) is 14.3. The summed E-state index contributed by atoms with van der Waals surface area (Å²) >= 11 is 0. The van der Waals surface area contributed by atoms with E-state index >= 15 is 4.39 Å². The lowest BCUT2D eigenvalue weighted by molar-refractivity contribution is -0.193. The zero-order chi connectivity index (χ0) is 24.5. The van der Waals surface area contributed by atoms with Gasteiger partial charge in [-0.1, -0.05) is 0 Å². The molecule has 182 valence electrons. The molecule has 32 heavy (non-hydrogen) atoms. The molecule has 1 aromatic heterocycles. The summed E-state index contributed by atoms with van der Waals surface area (Å²) in [6.07, 6.45) is -4.47.